The van der Waals surface area contributed by atoms with Crippen molar-refractivity contribution < 1.29 is 18.4 Å². The number of hydrogen-bond donors (Lipinski definition) is 2. The molecule has 0 radical (unpaired) electrons. The molecule has 0 saturated heterocycles. The number of carbonyl (C=O) groups is 2. The van der Waals surface area contributed by atoms with Crippen molar-refractivity contribution in [3.05, 3.63) is 54.0 Å². The molecule has 0 bridgehead atoms. The Labute approximate surface area is 151 Å². The highest BCUT2D eigenvalue weighted by atomic mass is 32.2. The molecule has 2 aromatic heterocycles. The highest BCUT2D eigenvalue weighted by molar-refractivity contribution is 7.99. The molecule has 26 heavy (non-hydrogen) atoms. The van der Waals surface area contributed by atoms with Crippen molar-refractivity contribution in [2.45, 2.75) is 5.16 Å². The first kappa shape index (κ1) is 17.7. The monoisotopic (exact) mass is 375 g/mol. The molecule has 2 amide bonds. The number of hydrazine groups is 1. The Bertz CT molecular complexity index is 926. The van der Waals surface area contributed by atoms with Gasteiger partial charge in [0.15, 0.2) is 16.7 Å². The number of hydrogen-bond acceptors (Lipinski definition) is 6. The molecule has 0 spiro atoms. The third-order valence-electron chi connectivity index (χ3n) is 3.34. The van der Waals surface area contributed by atoms with Gasteiger partial charge in [-0.05, 0) is 24.3 Å². The summed E-state index contributed by atoms with van der Waals surface area (Å²) >= 11 is 1.13. The van der Waals surface area contributed by atoms with Gasteiger partial charge in [0.25, 0.3) is 5.91 Å². The molecule has 10 heteroatoms. The van der Waals surface area contributed by atoms with Gasteiger partial charge in [-0.15, -0.1) is 10.2 Å². The summed E-state index contributed by atoms with van der Waals surface area (Å²) in [7, 11) is 1.75. The summed E-state index contributed by atoms with van der Waals surface area (Å²) in [6.45, 7) is 0. The second-order valence-corrected chi connectivity index (χ2v) is 6.06. The van der Waals surface area contributed by atoms with Gasteiger partial charge in [0.1, 0.15) is 5.82 Å². The number of amides is 2. The van der Waals surface area contributed by atoms with E-state index >= 15 is 0 Å². The minimum atomic E-state index is -0.736. The van der Waals surface area contributed by atoms with Crippen LogP contribution in [0.5, 0.6) is 0 Å². The zero-order chi connectivity index (χ0) is 18.5. The number of carbonyl (C=O) groups excluding carboxylic acids is 2. The molecule has 0 saturated carbocycles. The fourth-order valence-electron chi connectivity index (χ4n) is 2.07. The molecule has 0 atom stereocenters. The molecule has 0 unspecified atom stereocenters. The van der Waals surface area contributed by atoms with Crippen LogP contribution in [-0.2, 0) is 11.8 Å². The van der Waals surface area contributed by atoms with Crippen LogP contribution < -0.4 is 10.9 Å². The van der Waals surface area contributed by atoms with Gasteiger partial charge in [-0.3, -0.25) is 20.4 Å². The second-order valence-electron chi connectivity index (χ2n) is 5.11. The lowest BCUT2D eigenvalue weighted by Crippen LogP contribution is -2.42. The van der Waals surface area contributed by atoms with Gasteiger partial charge < -0.3 is 8.98 Å². The molecule has 0 aliphatic heterocycles. The molecule has 3 rings (SSSR count). The Hall–Kier alpha value is -3.14. The Balaban J connectivity index is 1.52. The first-order chi connectivity index (χ1) is 12.6. The number of thioether (sulfide) groups is 1. The van der Waals surface area contributed by atoms with Gasteiger partial charge in [0.05, 0.1) is 17.6 Å². The van der Waals surface area contributed by atoms with Crippen molar-refractivity contribution in [3.63, 3.8) is 0 Å². The summed E-state index contributed by atoms with van der Waals surface area (Å²) in [5, 5.41) is 8.52. The maximum absolute atomic E-state index is 13.5. The number of benzene rings is 1. The highest BCUT2D eigenvalue weighted by Crippen LogP contribution is 2.22. The van der Waals surface area contributed by atoms with Crippen LogP contribution in [0.4, 0.5) is 4.39 Å². The lowest BCUT2D eigenvalue weighted by molar-refractivity contribution is -0.119. The summed E-state index contributed by atoms with van der Waals surface area (Å²) in [4.78, 5) is 23.7. The largest absolute Gasteiger partial charge is 0.461 e. The lowest BCUT2D eigenvalue weighted by atomic mass is 10.2. The number of nitrogens with zero attached hydrogens (tertiary/aromatic N) is 3. The van der Waals surface area contributed by atoms with Crippen LogP contribution in [0.2, 0.25) is 0 Å². The maximum atomic E-state index is 13.5. The molecule has 134 valence electrons. The van der Waals surface area contributed by atoms with Crippen LogP contribution in [-0.4, -0.2) is 32.3 Å². The molecule has 2 heterocycles. The predicted octanol–water partition coefficient (Wildman–Crippen LogP) is 1.77. The van der Waals surface area contributed by atoms with Crippen molar-refractivity contribution in [3.8, 4) is 11.6 Å². The van der Waals surface area contributed by atoms with Crippen molar-refractivity contribution >= 4 is 23.6 Å². The number of nitrogens with one attached hydrogen (secondary N) is 2. The predicted molar refractivity (Wildman–Crippen MR) is 91.4 cm³/mol. The van der Waals surface area contributed by atoms with Gasteiger partial charge in [0, 0.05) is 7.05 Å². The van der Waals surface area contributed by atoms with E-state index in [1.807, 2.05) is 0 Å². The summed E-state index contributed by atoms with van der Waals surface area (Å²) in [6, 6.07) is 8.98. The third kappa shape index (κ3) is 3.91. The van der Waals surface area contributed by atoms with Crippen LogP contribution in [0.15, 0.2) is 52.2 Å². The van der Waals surface area contributed by atoms with Crippen molar-refractivity contribution in [2.75, 3.05) is 5.75 Å². The quantitative estimate of drug-likeness (QED) is 0.521. The van der Waals surface area contributed by atoms with Gasteiger partial charge in [-0.2, -0.15) is 0 Å². The van der Waals surface area contributed by atoms with Crippen LogP contribution in [0, 0.1) is 5.82 Å². The topological polar surface area (TPSA) is 102 Å². The van der Waals surface area contributed by atoms with Crippen LogP contribution in [0.1, 0.15) is 10.4 Å². The van der Waals surface area contributed by atoms with E-state index in [0.717, 1.165) is 17.8 Å². The standard InChI is InChI=1S/C16H14FN5O3S/c1-22-14(12-7-4-8-25-12)19-21-16(22)26-9-13(23)18-20-15(24)10-5-2-3-6-11(10)17/h2-8H,9H2,1H3,(H,18,23)(H,20,24). The van der Waals surface area contributed by atoms with Gasteiger partial charge in [-0.1, -0.05) is 23.9 Å². The fourth-order valence-corrected chi connectivity index (χ4v) is 2.78. The number of rotatable bonds is 5. The zero-order valence-electron chi connectivity index (χ0n) is 13.6. The van der Waals surface area contributed by atoms with E-state index in [-0.39, 0.29) is 11.3 Å². The van der Waals surface area contributed by atoms with Crippen molar-refractivity contribution in [2.24, 2.45) is 7.05 Å². The molecule has 3 aromatic rings. The van der Waals surface area contributed by atoms with Gasteiger partial charge in [-0.25, -0.2) is 4.39 Å². The molecular formula is C16H14FN5O3S. The van der Waals surface area contributed by atoms with Crippen molar-refractivity contribution in [1.29, 1.82) is 0 Å². The molecule has 0 aliphatic rings. The Morgan fingerprint density at radius 3 is 2.73 bits per heavy atom. The van der Waals surface area contributed by atoms with E-state index in [1.54, 1.807) is 23.7 Å². The Morgan fingerprint density at radius 1 is 1.19 bits per heavy atom. The minimum absolute atomic E-state index is 0.0122. The summed E-state index contributed by atoms with van der Waals surface area (Å²) < 4.78 is 20.4. The number of halogens is 1. The third-order valence-corrected chi connectivity index (χ3v) is 4.36. The van der Waals surface area contributed by atoms with Gasteiger partial charge >= 0.3 is 0 Å². The van der Waals surface area contributed by atoms with E-state index in [0.29, 0.717) is 16.7 Å². The van der Waals surface area contributed by atoms with E-state index in [2.05, 4.69) is 21.0 Å². The first-order valence-electron chi connectivity index (χ1n) is 7.46. The van der Waals surface area contributed by atoms with Gasteiger partial charge in [0.2, 0.25) is 5.91 Å². The number of furan rings is 1. The normalized spacial score (nSPS) is 10.5. The molecule has 1 aromatic carbocycles. The smallest absolute Gasteiger partial charge is 0.272 e. The SMILES string of the molecule is Cn1c(SCC(=O)NNC(=O)c2ccccc2F)nnc1-c1ccco1. The maximum Gasteiger partial charge on any atom is 0.272 e. The summed E-state index contributed by atoms with van der Waals surface area (Å²) in [5.41, 5.74) is 4.24. The first-order valence-corrected chi connectivity index (χ1v) is 8.44. The lowest BCUT2D eigenvalue weighted by Gasteiger charge is -2.07. The highest BCUT2D eigenvalue weighted by Gasteiger charge is 2.15. The van der Waals surface area contributed by atoms with E-state index < -0.39 is 17.6 Å². The second kappa shape index (κ2) is 7.83. The Morgan fingerprint density at radius 2 is 2.00 bits per heavy atom. The summed E-state index contributed by atoms with van der Waals surface area (Å²) in [5.74, 6) is -0.790. The van der Waals surface area contributed by atoms with Crippen LogP contribution >= 0.6 is 11.8 Å². The average Bonchev–Trinajstić information content (AvgIpc) is 3.28. The molecular weight excluding hydrogens is 361 g/mol. The van der Waals surface area contributed by atoms with Crippen LogP contribution in [0.3, 0.4) is 0 Å². The van der Waals surface area contributed by atoms with E-state index in [9.17, 15) is 14.0 Å². The van der Waals surface area contributed by atoms with Crippen molar-refractivity contribution in [1.82, 2.24) is 25.6 Å². The average molecular weight is 375 g/mol. The molecule has 0 fully saturated rings. The van der Waals surface area contributed by atoms with Crippen LogP contribution in [0.25, 0.3) is 11.6 Å². The number of aromatic nitrogens is 3. The van der Waals surface area contributed by atoms with E-state index in [4.69, 9.17) is 4.42 Å². The molecule has 2 N–H and O–H groups in total. The minimum Gasteiger partial charge on any atom is -0.461 e. The fraction of sp³-hybridized carbons (Fsp3) is 0.125. The molecule has 8 nitrogen and oxygen atoms in total. The van der Waals surface area contributed by atoms with E-state index in [1.165, 1.54) is 24.5 Å². The molecule has 0 aliphatic carbocycles. The Kier molecular flexibility index (Phi) is 5.32. The zero-order valence-corrected chi connectivity index (χ0v) is 14.4. The summed E-state index contributed by atoms with van der Waals surface area (Å²) in [6.07, 6.45) is 1.53.